The summed E-state index contributed by atoms with van der Waals surface area (Å²) < 4.78 is 9.47. The van der Waals surface area contributed by atoms with Crippen LogP contribution < -0.4 is 10.9 Å². The number of carbonyl (C=O) groups is 1. The van der Waals surface area contributed by atoms with Crippen molar-refractivity contribution in [2.75, 3.05) is 13.2 Å². The number of hydrogen-bond acceptors (Lipinski definition) is 6. The summed E-state index contributed by atoms with van der Waals surface area (Å²) in [6, 6.07) is 6.71. The van der Waals surface area contributed by atoms with E-state index in [9.17, 15) is 19.8 Å². The second-order valence-corrected chi connectivity index (χ2v) is 9.22. The number of fused-ring (bicyclic) bond motifs is 1. The molecular weight excluding hydrogens is 436 g/mol. The van der Waals surface area contributed by atoms with Crippen molar-refractivity contribution in [3.05, 3.63) is 51.9 Å². The molecular formula is C25H32N4O5. The van der Waals surface area contributed by atoms with Crippen LogP contribution in [0, 0.1) is 12.8 Å². The molecule has 2 aromatic heterocycles. The predicted octanol–water partition coefficient (Wildman–Crippen LogP) is 2.06. The number of benzene rings is 1. The normalized spacial score (nSPS) is 18.2. The highest BCUT2D eigenvalue weighted by Gasteiger charge is 2.23. The number of nitrogens with one attached hydrogen (secondary N) is 1. The molecule has 0 amide bonds. The van der Waals surface area contributed by atoms with Crippen molar-refractivity contribution in [2.45, 2.75) is 51.9 Å². The van der Waals surface area contributed by atoms with Crippen molar-refractivity contribution in [3.8, 4) is 11.4 Å². The lowest BCUT2D eigenvalue weighted by molar-refractivity contribution is -0.142. The maximum absolute atomic E-state index is 12.2. The highest BCUT2D eigenvalue weighted by Crippen LogP contribution is 2.28. The lowest BCUT2D eigenvalue weighted by Gasteiger charge is -2.23. The zero-order chi connectivity index (χ0) is 24.4. The summed E-state index contributed by atoms with van der Waals surface area (Å²) in [5.41, 5.74) is 4.12. The molecule has 1 saturated heterocycles. The number of nitrogens with zero attached hydrogens (tertiary/aromatic N) is 3. The molecule has 34 heavy (non-hydrogen) atoms. The van der Waals surface area contributed by atoms with Crippen LogP contribution in [0.5, 0.6) is 0 Å². The van der Waals surface area contributed by atoms with E-state index < -0.39 is 18.1 Å². The van der Waals surface area contributed by atoms with Crippen LogP contribution in [0.25, 0.3) is 22.4 Å². The topological polar surface area (TPSA) is 119 Å². The molecule has 3 unspecified atom stereocenters. The van der Waals surface area contributed by atoms with Gasteiger partial charge in [0.15, 0.2) is 0 Å². The Balaban J connectivity index is 1.72. The molecule has 4 rings (SSSR count). The lowest BCUT2D eigenvalue weighted by atomic mass is 10.0. The molecule has 1 fully saturated rings. The van der Waals surface area contributed by atoms with Crippen molar-refractivity contribution >= 4 is 17.0 Å². The average Bonchev–Trinajstić information content (AvgIpc) is 3.15. The standard InChI is InChI=1S/C25H32N4O5/c1-15-9-19(13-28(3)24(15)31)23-27-20-10-17(11-26-22(16(2)30)25(32)33)6-7-21(20)29(23)12-18-5-4-8-34-14-18/h6-7,9-10,13,16,18,22,26,30H,4-5,8,11-12,14H2,1-3H3,(H,32,33). The quantitative estimate of drug-likeness (QED) is 0.463. The summed E-state index contributed by atoms with van der Waals surface area (Å²) in [7, 11) is 1.74. The Hall–Kier alpha value is -3.01. The monoisotopic (exact) mass is 468 g/mol. The van der Waals surface area contributed by atoms with Crippen molar-refractivity contribution in [3.63, 3.8) is 0 Å². The fraction of sp³-hybridized carbons (Fsp3) is 0.480. The number of rotatable bonds is 8. The molecule has 9 heteroatoms. The first-order valence-corrected chi connectivity index (χ1v) is 11.6. The highest BCUT2D eigenvalue weighted by molar-refractivity contribution is 5.81. The largest absolute Gasteiger partial charge is 0.480 e. The minimum Gasteiger partial charge on any atom is -0.480 e. The molecule has 3 heterocycles. The first-order valence-electron chi connectivity index (χ1n) is 11.6. The molecule has 9 nitrogen and oxygen atoms in total. The number of aliphatic carboxylic acids is 1. The summed E-state index contributed by atoms with van der Waals surface area (Å²) in [5.74, 6) is 0.0708. The van der Waals surface area contributed by atoms with Gasteiger partial charge in [-0.3, -0.25) is 14.9 Å². The molecule has 1 aromatic carbocycles. The van der Waals surface area contributed by atoms with Crippen LogP contribution in [0.4, 0.5) is 0 Å². The van der Waals surface area contributed by atoms with Gasteiger partial charge in [-0.05, 0) is 50.5 Å². The van der Waals surface area contributed by atoms with Gasteiger partial charge in [-0.1, -0.05) is 6.07 Å². The number of aryl methyl sites for hydroxylation is 2. The van der Waals surface area contributed by atoms with Crippen LogP contribution in [-0.4, -0.2) is 55.7 Å². The van der Waals surface area contributed by atoms with Crippen LogP contribution in [0.15, 0.2) is 35.3 Å². The number of aliphatic hydroxyl groups is 1. The smallest absolute Gasteiger partial charge is 0.323 e. The summed E-state index contributed by atoms with van der Waals surface area (Å²) in [5, 5.41) is 21.9. The molecule has 0 saturated carbocycles. The van der Waals surface area contributed by atoms with Gasteiger partial charge in [0.1, 0.15) is 11.9 Å². The first-order chi connectivity index (χ1) is 16.2. The fourth-order valence-corrected chi connectivity index (χ4v) is 4.59. The molecule has 1 aliphatic rings. The maximum atomic E-state index is 12.2. The number of aliphatic hydroxyl groups excluding tert-OH is 1. The van der Waals surface area contributed by atoms with Gasteiger partial charge in [-0.2, -0.15) is 0 Å². The van der Waals surface area contributed by atoms with Crippen LogP contribution in [0.1, 0.15) is 30.9 Å². The SMILES string of the molecule is Cc1cc(-c2nc3cc(CNC(C(=O)O)C(C)O)ccc3n2CC2CCCOC2)cn(C)c1=O. The number of imidazole rings is 1. The predicted molar refractivity (Wildman–Crippen MR) is 129 cm³/mol. The van der Waals surface area contributed by atoms with Crippen molar-refractivity contribution in [1.82, 2.24) is 19.4 Å². The maximum Gasteiger partial charge on any atom is 0.323 e. The van der Waals surface area contributed by atoms with E-state index in [0.717, 1.165) is 54.0 Å². The Labute approximate surface area is 198 Å². The minimum absolute atomic E-state index is 0.0356. The lowest BCUT2D eigenvalue weighted by Crippen LogP contribution is -2.44. The van der Waals surface area contributed by atoms with E-state index in [2.05, 4.69) is 9.88 Å². The van der Waals surface area contributed by atoms with E-state index in [-0.39, 0.29) is 12.1 Å². The van der Waals surface area contributed by atoms with Crippen molar-refractivity contribution in [1.29, 1.82) is 0 Å². The molecule has 182 valence electrons. The summed E-state index contributed by atoms with van der Waals surface area (Å²) in [4.78, 5) is 28.6. The van der Waals surface area contributed by atoms with Gasteiger partial charge in [0, 0.05) is 50.0 Å². The van der Waals surface area contributed by atoms with Gasteiger partial charge in [-0.15, -0.1) is 0 Å². The second-order valence-electron chi connectivity index (χ2n) is 9.22. The fourth-order valence-electron chi connectivity index (χ4n) is 4.59. The number of ether oxygens (including phenoxy) is 1. The van der Waals surface area contributed by atoms with Crippen molar-refractivity contribution < 1.29 is 19.7 Å². The van der Waals surface area contributed by atoms with E-state index in [1.54, 1.807) is 18.5 Å². The number of pyridine rings is 1. The molecule has 3 N–H and O–H groups in total. The van der Waals surface area contributed by atoms with Crippen LogP contribution in [0.3, 0.4) is 0 Å². The molecule has 0 aliphatic carbocycles. The van der Waals surface area contributed by atoms with E-state index in [1.165, 1.54) is 6.92 Å². The second kappa shape index (κ2) is 10.1. The molecule has 1 aliphatic heterocycles. The molecule has 0 radical (unpaired) electrons. The Morgan fingerprint density at radius 2 is 2.15 bits per heavy atom. The van der Waals surface area contributed by atoms with E-state index in [4.69, 9.17) is 9.72 Å². The van der Waals surface area contributed by atoms with Gasteiger partial charge >= 0.3 is 5.97 Å². The van der Waals surface area contributed by atoms with Crippen LogP contribution in [-0.2, 0) is 29.7 Å². The highest BCUT2D eigenvalue weighted by atomic mass is 16.5. The van der Waals surface area contributed by atoms with Gasteiger partial charge in [0.2, 0.25) is 0 Å². The first kappa shape index (κ1) is 24.1. The Morgan fingerprint density at radius 1 is 1.35 bits per heavy atom. The molecule has 0 bridgehead atoms. The Morgan fingerprint density at radius 3 is 2.79 bits per heavy atom. The zero-order valence-electron chi connectivity index (χ0n) is 19.8. The number of carboxylic acid groups (broad SMARTS) is 1. The van der Waals surface area contributed by atoms with Crippen LogP contribution >= 0.6 is 0 Å². The third-order valence-corrected chi connectivity index (χ3v) is 6.40. The van der Waals surface area contributed by atoms with Gasteiger partial charge in [0.05, 0.1) is 23.7 Å². The van der Waals surface area contributed by atoms with Gasteiger partial charge < -0.3 is 24.1 Å². The minimum atomic E-state index is -1.09. The van der Waals surface area contributed by atoms with Gasteiger partial charge in [-0.25, -0.2) is 4.98 Å². The number of carboxylic acids is 1. The Bertz CT molecular complexity index is 1210. The van der Waals surface area contributed by atoms with Gasteiger partial charge in [0.25, 0.3) is 5.56 Å². The van der Waals surface area contributed by atoms with Crippen molar-refractivity contribution in [2.24, 2.45) is 13.0 Å². The third-order valence-electron chi connectivity index (χ3n) is 6.40. The Kier molecular flexibility index (Phi) is 7.16. The van der Waals surface area contributed by atoms with E-state index in [1.807, 2.05) is 30.5 Å². The average molecular weight is 469 g/mol. The number of hydrogen-bond donors (Lipinski definition) is 3. The molecule has 3 atom stereocenters. The molecule has 0 spiro atoms. The van der Waals surface area contributed by atoms with E-state index in [0.29, 0.717) is 18.1 Å². The third kappa shape index (κ3) is 5.06. The number of aromatic nitrogens is 3. The zero-order valence-corrected chi connectivity index (χ0v) is 19.8. The van der Waals surface area contributed by atoms with E-state index >= 15 is 0 Å². The van der Waals surface area contributed by atoms with Crippen LogP contribution in [0.2, 0.25) is 0 Å². The molecule has 3 aromatic rings. The summed E-state index contributed by atoms with van der Waals surface area (Å²) >= 11 is 0. The summed E-state index contributed by atoms with van der Waals surface area (Å²) in [6.07, 6.45) is 2.92. The summed E-state index contributed by atoms with van der Waals surface area (Å²) in [6.45, 7) is 5.81.